The Labute approximate surface area is 108 Å². The molecule has 0 aromatic heterocycles. The van der Waals surface area contributed by atoms with Crippen LogP contribution < -0.4 is 5.32 Å². The third-order valence-electron chi connectivity index (χ3n) is 2.91. The first kappa shape index (κ1) is 13.6. The van der Waals surface area contributed by atoms with Crippen molar-refractivity contribution in [1.29, 1.82) is 0 Å². The molecule has 1 saturated heterocycles. The maximum absolute atomic E-state index is 12.7. The van der Waals surface area contributed by atoms with Crippen molar-refractivity contribution in [2.45, 2.75) is 31.9 Å². The van der Waals surface area contributed by atoms with Crippen molar-refractivity contribution < 1.29 is 17.9 Å². The van der Waals surface area contributed by atoms with Crippen LogP contribution in [0.5, 0.6) is 0 Å². The van der Waals surface area contributed by atoms with Gasteiger partial charge in [-0.15, -0.1) is 0 Å². The molecule has 1 aliphatic rings. The van der Waals surface area contributed by atoms with E-state index in [4.69, 9.17) is 16.3 Å². The molecule has 1 N–H and O–H groups in total. The molecule has 1 heterocycles. The van der Waals surface area contributed by atoms with Gasteiger partial charge >= 0.3 is 6.18 Å². The largest absolute Gasteiger partial charge is 0.417 e. The Bertz CT molecular complexity index is 436. The smallest absolute Gasteiger partial charge is 0.355 e. The molecule has 0 amide bonds. The molecule has 2 nitrogen and oxygen atoms in total. The van der Waals surface area contributed by atoms with Crippen molar-refractivity contribution in [1.82, 2.24) is 5.32 Å². The molecule has 6 heteroatoms. The highest BCUT2D eigenvalue weighted by Crippen LogP contribution is 2.36. The number of hydrogen-bond donors (Lipinski definition) is 1. The van der Waals surface area contributed by atoms with Crippen molar-refractivity contribution in [3.63, 3.8) is 0 Å². The van der Waals surface area contributed by atoms with Crippen LogP contribution >= 0.6 is 11.6 Å². The lowest BCUT2D eigenvalue weighted by atomic mass is 10.1. The second kappa shape index (κ2) is 5.07. The summed E-state index contributed by atoms with van der Waals surface area (Å²) in [5.74, 6) is 0. The van der Waals surface area contributed by atoms with Gasteiger partial charge in [0.2, 0.25) is 0 Å². The van der Waals surface area contributed by atoms with Crippen molar-refractivity contribution in [3.8, 4) is 0 Å². The topological polar surface area (TPSA) is 21.3 Å². The fourth-order valence-corrected chi connectivity index (χ4v) is 2.11. The normalized spacial score (nSPS) is 24.5. The summed E-state index contributed by atoms with van der Waals surface area (Å²) in [6.45, 7) is 2.61. The number of rotatable bonds is 2. The molecule has 1 aromatic carbocycles. The number of hydrogen-bond acceptors (Lipinski definition) is 2. The molecule has 1 fully saturated rings. The molecule has 2 atom stereocenters. The molecule has 0 radical (unpaired) electrons. The molecule has 1 aliphatic heterocycles. The summed E-state index contributed by atoms with van der Waals surface area (Å²) in [5, 5.41) is 2.74. The lowest BCUT2D eigenvalue weighted by Gasteiger charge is -2.15. The molecule has 2 unspecified atom stereocenters. The Balaban J connectivity index is 2.25. The highest BCUT2D eigenvalue weighted by Gasteiger charge is 2.34. The quantitative estimate of drug-likeness (QED) is 0.890. The predicted octanol–water partition coefficient (Wildman–Crippen LogP) is 3.76. The van der Waals surface area contributed by atoms with Crippen LogP contribution in [0.2, 0.25) is 5.02 Å². The predicted molar refractivity (Wildman–Crippen MR) is 62.4 cm³/mol. The van der Waals surface area contributed by atoms with E-state index in [9.17, 15) is 13.2 Å². The summed E-state index contributed by atoms with van der Waals surface area (Å²) in [6, 6.07) is 3.84. The zero-order valence-corrected chi connectivity index (χ0v) is 10.5. The van der Waals surface area contributed by atoms with Crippen LogP contribution in [0.4, 0.5) is 13.2 Å². The number of benzene rings is 1. The first-order chi connectivity index (χ1) is 8.41. The average Bonchev–Trinajstić information content (AvgIpc) is 2.76. The van der Waals surface area contributed by atoms with E-state index in [1.807, 2.05) is 6.92 Å². The van der Waals surface area contributed by atoms with E-state index in [-0.39, 0.29) is 11.1 Å². The summed E-state index contributed by atoms with van der Waals surface area (Å²) in [7, 11) is 0. The highest BCUT2D eigenvalue weighted by atomic mass is 35.5. The third kappa shape index (κ3) is 2.79. The lowest BCUT2D eigenvalue weighted by Crippen LogP contribution is -2.16. The summed E-state index contributed by atoms with van der Waals surface area (Å²) in [6.07, 6.45) is -4.08. The SMILES string of the molecule is CCC1CNC(c2ccc(Cl)c(C(F)(F)F)c2)O1. The van der Waals surface area contributed by atoms with Gasteiger partial charge < -0.3 is 4.74 Å². The van der Waals surface area contributed by atoms with E-state index < -0.39 is 18.0 Å². The van der Waals surface area contributed by atoms with E-state index in [2.05, 4.69) is 5.32 Å². The molecular formula is C12H13ClF3NO. The van der Waals surface area contributed by atoms with Gasteiger partial charge in [0, 0.05) is 6.54 Å². The Kier molecular flexibility index (Phi) is 3.84. The van der Waals surface area contributed by atoms with Crippen molar-refractivity contribution in [3.05, 3.63) is 34.3 Å². The van der Waals surface area contributed by atoms with Gasteiger partial charge in [-0.25, -0.2) is 0 Å². The second-order valence-corrected chi connectivity index (χ2v) is 4.60. The highest BCUT2D eigenvalue weighted by molar-refractivity contribution is 6.31. The Hall–Kier alpha value is -0.780. The average molecular weight is 280 g/mol. The van der Waals surface area contributed by atoms with Gasteiger partial charge in [-0.3, -0.25) is 5.32 Å². The second-order valence-electron chi connectivity index (χ2n) is 4.19. The molecule has 100 valence electrons. The molecule has 0 aliphatic carbocycles. The molecule has 1 aromatic rings. The standard InChI is InChI=1S/C12H13ClF3NO/c1-2-8-6-17-11(18-8)7-3-4-10(13)9(5-7)12(14,15)16/h3-5,8,11,17H,2,6H2,1H3. The monoisotopic (exact) mass is 279 g/mol. The Morgan fingerprint density at radius 1 is 1.44 bits per heavy atom. The van der Waals surface area contributed by atoms with Crippen LogP contribution in [0.25, 0.3) is 0 Å². The molecule has 2 rings (SSSR count). The van der Waals surface area contributed by atoms with Gasteiger partial charge in [0.05, 0.1) is 16.7 Å². The first-order valence-corrected chi connectivity index (χ1v) is 6.05. The van der Waals surface area contributed by atoms with Crippen LogP contribution in [0.15, 0.2) is 18.2 Å². The van der Waals surface area contributed by atoms with Crippen LogP contribution in [0.3, 0.4) is 0 Å². The van der Waals surface area contributed by atoms with Crippen molar-refractivity contribution >= 4 is 11.6 Å². The van der Waals surface area contributed by atoms with Gasteiger partial charge in [0.15, 0.2) is 0 Å². The van der Waals surface area contributed by atoms with E-state index in [1.165, 1.54) is 6.07 Å². The fraction of sp³-hybridized carbons (Fsp3) is 0.500. The zero-order chi connectivity index (χ0) is 13.3. The van der Waals surface area contributed by atoms with Gasteiger partial charge in [-0.1, -0.05) is 24.6 Å². The maximum atomic E-state index is 12.7. The van der Waals surface area contributed by atoms with E-state index >= 15 is 0 Å². The van der Waals surface area contributed by atoms with Crippen molar-refractivity contribution in [2.75, 3.05) is 6.54 Å². The van der Waals surface area contributed by atoms with Gasteiger partial charge in [-0.2, -0.15) is 13.2 Å². The fourth-order valence-electron chi connectivity index (χ4n) is 1.89. The molecule has 18 heavy (non-hydrogen) atoms. The number of alkyl halides is 3. The maximum Gasteiger partial charge on any atom is 0.417 e. The zero-order valence-electron chi connectivity index (χ0n) is 9.72. The molecule has 0 saturated carbocycles. The minimum atomic E-state index is -4.45. The number of nitrogens with one attached hydrogen (secondary N) is 1. The lowest BCUT2D eigenvalue weighted by molar-refractivity contribution is -0.137. The third-order valence-corrected chi connectivity index (χ3v) is 3.24. The van der Waals surface area contributed by atoms with E-state index in [0.29, 0.717) is 12.1 Å². The first-order valence-electron chi connectivity index (χ1n) is 5.67. The molecule has 0 bridgehead atoms. The Morgan fingerprint density at radius 3 is 2.72 bits per heavy atom. The minimum Gasteiger partial charge on any atom is -0.355 e. The van der Waals surface area contributed by atoms with Crippen LogP contribution in [0.1, 0.15) is 30.7 Å². The molecule has 0 spiro atoms. The van der Waals surface area contributed by atoms with Crippen LogP contribution in [-0.2, 0) is 10.9 Å². The summed E-state index contributed by atoms with van der Waals surface area (Å²) < 4.78 is 43.7. The van der Waals surface area contributed by atoms with Crippen LogP contribution in [-0.4, -0.2) is 12.6 Å². The summed E-state index contributed by atoms with van der Waals surface area (Å²) in [4.78, 5) is 0. The minimum absolute atomic E-state index is 0.0417. The van der Waals surface area contributed by atoms with Gasteiger partial charge in [-0.05, 0) is 24.1 Å². The van der Waals surface area contributed by atoms with Crippen LogP contribution in [0, 0.1) is 0 Å². The van der Waals surface area contributed by atoms with Gasteiger partial charge in [0.1, 0.15) is 6.23 Å². The molecular weight excluding hydrogens is 267 g/mol. The summed E-state index contributed by atoms with van der Waals surface area (Å²) in [5.41, 5.74) is -0.380. The number of ether oxygens (including phenoxy) is 1. The van der Waals surface area contributed by atoms with E-state index in [0.717, 1.165) is 12.5 Å². The van der Waals surface area contributed by atoms with Gasteiger partial charge in [0.25, 0.3) is 0 Å². The van der Waals surface area contributed by atoms with Crippen molar-refractivity contribution in [2.24, 2.45) is 0 Å². The summed E-state index contributed by atoms with van der Waals surface area (Å²) >= 11 is 5.56. The van der Waals surface area contributed by atoms with E-state index in [1.54, 1.807) is 6.07 Å². The number of halogens is 4. The Morgan fingerprint density at radius 2 is 2.17 bits per heavy atom.